The molecule has 1 heterocycles. The highest BCUT2D eigenvalue weighted by atomic mass is 32.2. The monoisotopic (exact) mass is 533 g/mol. The minimum Gasteiger partial charge on any atom is -0.497 e. The SMILES string of the molecule is COc1ccc(CN(C(=O)O)S(=O)(=O)c2ccc(O[C@H]3CCC[C@@H]3c3ccnn3C)cc2F)c(OC)c1. The van der Waals surface area contributed by atoms with E-state index in [-0.39, 0.29) is 33.4 Å². The Morgan fingerprint density at radius 3 is 2.51 bits per heavy atom. The summed E-state index contributed by atoms with van der Waals surface area (Å²) in [4.78, 5) is 11.2. The van der Waals surface area contributed by atoms with Crippen LogP contribution in [0.25, 0.3) is 0 Å². The number of halogens is 1. The molecule has 2 atom stereocenters. The van der Waals surface area contributed by atoms with E-state index >= 15 is 4.39 Å². The van der Waals surface area contributed by atoms with Gasteiger partial charge in [-0.05, 0) is 49.6 Å². The molecule has 198 valence electrons. The van der Waals surface area contributed by atoms with Crippen molar-refractivity contribution >= 4 is 16.1 Å². The number of hydrogen-bond acceptors (Lipinski definition) is 7. The van der Waals surface area contributed by atoms with E-state index in [0.29, 0.717) is 5.75 Å². The maximum absolute atomic E-state index is 15.1. The fraction of sp³-hybridized carbons (Fsp3) is 0.360. The number of ether oxygens (including phenoxy) is 3. The van der Waals surface area contributed by atoms with Crippen LogP contribution in [-0.4, -0.2) is 54.0 Å². The minimum absolute atomic E-state index is 0.0703. The van der Waals surface area contributed by atoms with Crippen LogP contribution in [0.15, 0.2) is 53.6 Å². The first kappa shape index (κ1) is 26.3. The molecule has 4 rings (SSSR count). The summed E-state index contributed by atoms with van der Waals surface area (Å²) in [5.74, 6) is -0.208. The van der Waals surface area contributed by atoms with Crippen molar-refractivity contribution in [1.29, 1.82) is 0 Å². The predicted molar refractivity (Wildman–Crippen MR) is 131 cm³/mol. The van der Waals surface area contributed by atoms with Crippen LogP contribution >= 0.6 is 0 Å². The van der Waals surface area contributed by atoms with Gasteiger partial charge in [-0.3, -0.25) is 4.68 Å². The van der Waals surface area contributed by atoms with Crippen molar-refractivity contribution in [2.24, 2.45) is 7.05 Å². The fourth-order valence-electron chi connectivity index (χ4n) is 4.60. The molecule has 10 nitrogen and oxygen atoms in total. The van der Waals surface area contributed by atoms with Crippen molar-refractivity contribution in [2.45, 2.75) is 42.7 Å². The van der Waals surface area contributed by atoms with Crippen molar-refractivity contribution in [3.8, 4) is 17.2 Å². The number of sulfonamides is 1. The lowest BCUT2D eigenvalue weighted by molar-refractivity contribution is 0.170. The number of nitrogens with zero attached hydrogens (tertiary/aromatic N) is 3. The molecule has 0 unspecified atom stereocenters. The summed E-state index contributed by atoms with van der Waals surface area (Å²) in [5.41, 5.74) is 1.27. The van der Waals surface area contributed by atoms with Gasteiger partial charge >= 0.3 is 6.09 Å². The Labute approximate surface area is 214 Å². The van der Waals surface area contributed by atoms with Crippen LogP contribution in [0, 0.1) is 5.82 Å². The van der Waals surface area contributed by atoms with Gasteiger partial charge in [-0.1, -0.05) is 0 Å². The number of amides is 1. The zero-order valence-electron chi connectivity index (χ0n) is 20.6. The highest BCUT2D eigenvalue weighted by Gasteiger charge is 2.35. The number of methoxy groups -OCH3 is 2. The number of carboxylic acid groups (broad SMARTS) is 1. The van der Waals surface area contributed by atoms with Crippen LogP contribution in [0.5, 0.6) is 17.2 Å². The maximum atomic E-state index is 15.1. The second kappa shape index (κ2) is 10.7. The highest BCUT2D eigenvalue weighted by Crippen LogP contribution is 2.37. The Balaban J connectivity index is 1.58. The summed E-state index contributed by atoms with van der Waals surface area (Å²) in [5, 5.41) is 13.9. The van der Waals surface area contributed by atoms with Gasteiger partial charge in [0.05, 0.1) is 20.8 Å². The smallest absolute Gasteiger partial charge is 0.421 e. The van der Waals surface area contributed by atoms with E-state index in [1.807, 2.05) is 13.1 Å². The van der Waals surface area contributed by atoms with Crippen LogP contribution in [-0.2, 0) is 23.6 Å². The summed E-state index contributed by atoms with van der Waals surface area (Å²) < 4.78 is 59.9. The van der Waals surface area contributed by atoms with E-state index < -0.39 is 33.4 Å². The van der Waals surface area contributed by atoms with E-state index in [1.54, 1.807) is 16.9 Å². The van der Waals surface area contributed by atoms with Crippen LogP contribution in [0.4, 0.5) is 9.18 Å². The summed E-state index contributed by atoms with van der Waals surface area (Å²) in [7, 11) is -0.105. The summed E-state index contributed by atoms with van der Waals surface area (Å²) in [6.07, 6.45) is 2.30. The molecule has 12 heteroatoms. The second-order valence-electron chi connectivity index (χ2n) is 8.64. The molecule has 0 spiro atoms. The van der Waals surface area contributed by atoms with E-state index in [9.17, 15) is 18.3 Å². The predicted octanol–water partition coefficient (Wildman–Crippen LogP) is 4.16. The maximum Gasteiger partial charge on any atom is 0.421 e. The third-order valence-electron chi connectivity index (χ3n) is 6.47. The normalized spacial score (nSPS) is 17.4. The summed E-state index contributed by atoms with van der Waals surface area (Å²) in [6.45, 7) is -0.586. The molecule has 0 radical (unpaired) electrons. The van der Waals surface area contributed by atoms with Crippen LogP contribution in [0.1, 0.15) is 36.4 Å². The lowest BCUT2D eigenvalue weighted by Crippen LogP contribution is -2.35. The fourth-order valence-corrected chi connectivity index (χ4v) is 5.90. The molecule has 0 aliphatic heterocycles. The zero-order chi connectivity index (χ0) is 26.7. The van der Waals surface area contributed by atoms with Gasteiger partial charge in [-0.2, -0.15) is 9.40 Å². The standard InChI is InChI=1S/C25H28FN3O7S/c1-28-21(11-12-27-28)19-5-4-6-22(19)36-18-9-10-24(20(26)13-18)37(32,33)29(25(30)31)15-16-7-8-17(34-2)14-23(16)35-3/h7-14,19,22H,4-6,15H2,1-3H3,(H,30,31)/t19-,22+/m1/s1. The van der Waals surface area contributed by atoms with E-state index in [4.69, 9.17) is 14.2 Å². The summed E-state index contributed by atoms with van der Waals surface area (Å²) in [6, 6.07) is 9.77. The first-order chi connectivity index (χ1) is 17.6. The molecule has 1 aromatic heterocycles. The molecular weight excluding hydrogens is 505 g/mol. The Hall–Kier alpha value is -3.80. The molecule has 2 aromatic carbocycles. The van der Waals surface area contributed by atoms with Crippen molar-refractivity contribution in [1.82, 2.24) is 14.1 Å². The first-order valence-electron chi connectivity index (χ1n) is 11.6. The Morgan fingerprint density at radius 2 is 1.89 bits per heavy atom. The van der Waals surface area contributed by atoms with E-state index in [1.165, 1.54) is 32.4 Å². The lowest BCUT2D eigenvalue weighted by Gasteiger charge is -2.23. The van der Waals surface area contributed by atoms with Gasteiger partial charge in [0.25, 0.3) is 10.0 Å². The first-order valence-corrected chi connectivity index (χ1v) is 13.0. The molecular formula is C25H28FN3O7S. The average Bonchev–Trinajstić information content (AvgIpc) is 3.50. The number of hydrogen-bond donors (Lipinski definition) is 1. The quantitative estimate of drug-likeness (QED) is 0.435. The number of aromatic nitrogens is 2. The van der Waals surface area contributed by atoms with Gasteiger partial charge in [0.15, 0.2) is 0 Å². The molecule has 1 saturated carbocycles. The minimum atomic E-state index is -4.76. The van der Waals surface area contributed by atoms with E-state index in [0.717, 1.165) is 37.1 Å². The van der Waals surface area contributed by atoms with Crippen LogP contribution in [0.3, 0.4) is 0 Å². The van der Waals surface area contributed by atoms with Crippen molar-refractivity contribution in [3.63, 3.8) is 0 Å². The molecule has 0 bridgehead atoms. The molecule has 1 amide bonds. The highest BCUT2D eigenvalue weighted by molar-refractivity contribution is 7.89. The van der Waals surface area contributed by atoms with Gasteiger partial charge < -0.3 is 19.3 Å². The Morgan fingerprint density at radius 1 is 1.14 bits per heavy atom. The molecule has 1 aliphatic carbocycles. The second-order valence-corrected chi connectivity index (χ2v) is 10.5. The topological polar surface area (TPSA) is 120 Å². The number of benzene rings is 2. The number of carbonyl (C=O) groups is 1. The molecule has 1 N–H and O–H groups in total. The Bertz CT molecular complexity index is 1390. The number of rotatable bonds is 9. The van der Waals surface area contributed by atoms with Gasteiger partial charge in [0.2, 0.25) is 0 Å². The third kappa shape index (κ3) is 5.33. The lowest BCUT2D eigenvalue weighted by atomic mass is 10.0. The third-order valence-corrected chi connectivity index (χ3v) is 8.22. The Kier molecular flexibility index (Phi) is 7.58. The molecule has 37 heavy (non-hydrogen) atoms. The van der Waals surface area contributed by atoms with Crippen LogP contribution < -0.4 is 14.2 Å². The molecule has 1 aliphatic rings. The zero-order valence-corrected chi connectivity index (χ0v) is 21.4. The largest absolute Gasteiger partial charge is 0.497 e. The molecule has 1 fully saturated rings. The van der Waals surface area contributed by atoms with Crippen molar-refractivity contribution in [2.75, 3.05) is 14.2 Å². The van der Waals surface area contributed by atoms with Gasteiger partial charge in [0.1, 0.15) is 34.1 Å². The number of aryl methyl sites for hydroxylation is 1. The van der Waals surface area contributed by atoms with Crippen molar-refractivity contribution < 1.29 is 36.9 Å². The molecule has 3 aromatic rings. The average molecular weight is 534 g/mol. The van der Waals surface area contributed by atoms with Crippen LogP contribution in [0.2, 0.25) is 0 Å². The summed E-state index contributed by atoms with van der Waals surface area (Å²) >= 11 is 0. The molecule has 0 saturated heterocycles. The van der Waals surface area contributed by atoms with Gasteiger partial charge in [-0.25, -0.2) is 17.6 Å². The van der Waals surface area contributed by atoms with E-state index in [2.05, 4.69) is 5.10 Å². The van der Waals surface area contributed by atoms with Crippen molar-refractivity contribution in [3.05, 3.63) is 65.7 Å². The van der Waals surface area contributed by atoms with Gasteiger partial charge in [0, 0.05) is 42.6 Å². The van der Waals surface area contributed by atoms with Gasteiger partial charge in [-0.15, -0.1) is 0 Å².